The van der Waals surface area contributed by atoms with Crippen LogP contribution in [0.4, 0.5) is 11.8 Å². The molecule has 36 heavy (non-hydrogen) atoms. The first kappa shape index (κ1) is 24.8. The lowest BCUT2D eigenvalue weighted by Gasteiger charge is -2.44. The van der Waals surface area contributed by atoms with Gasteiger partial charge in [0.1, 0.15) is 16.8 Å². The van der Waals surface area contributed by atoms with Crippen molar-refractivity contribution in [3.63, 3.8) is 0 Å². The molecule has 0 radical (unpaired) electrons. The number of ether oxygens (including phenoxy) is 1. The molecule has 2 saturated heterocycles. The number of methoxy groups -OCH3 is 1. The molecule has 1 aromatic carbocycles. The molecule has 0 saturated carbocycles. The van der Waals surface area contributed by atoms with Crippen molar-refractivity contribution in [2.75, 3.05) is 50.9 Å². The number of nitrogen functional groups attached to an aromatic ring is 1. The molecule has 5 rings (SSSR count). The molecule has 9 heteroatoms. The molecule has 1 spiro atoms. The number of aromatic nitrogens is 4. The zero-order valence-electron chi connectivity index (χ0n) is 21.7. The maximum absolute atomic E-state index is 5.94. The van der Waals surface area contributed by atoms with Crippen LogP contribution in [0.1, 0.15) is 56.6 Å². The molecule has 9 nitrogen and oxygen atoms in total. The van der Waals surface area contributed by atoms with E-state index in [1.807, 2.05) is 4.68 Å². The van der Waals surface area contributed by atoms with Gasteiger partial charge in [0.25, 0.3) is 0 Å². The Hall–Kier alpha value is -2.91. The van der Waals surface area contributed by atoms with Crippen LogP contribution in [0.5, 0.6) is 5.75 Å². The number of fused-ring (bicyclic) bond motifs is 1. The van der Waals surface area contributed by atoms with Crippen molar-refractivity contribution in [3.8, 4) is 5.75 Å². The number of hydrogen-bond acceptors (Lipinski definition) is 8. The minimum Gasteiger partial charge on any atom is -0.496 e. The van der Waals surface area contributed by atoms with Crippen LogP contribution in [-0.4, -0.2) is 64.5 Å². The third kappa shape index (κ3) is 5.42. The monoisotopic (exact) mass is 492 g/mol. The van der Waals surface area contributed by atoms with Crippen molar-refractivity contribution in [1.82, 2.24) is 30.0 Å². The highest BCUT2D eigenvalue weighted by Gasteiger charge is 2.35. The van der Waals surface area contributed by atoms with Gasteiger partial charge in [0.15, 0.2) is 5.82 Å². The third-order valence-corrected chi connectivity index (χ3v) is 7.99. The second-order valence-corrected chi connectivity index (χ2v) is 10.4. The predicted molar refractivity (Wildman–Crippen MR) is 144 cm³/mol. The number of nitrogens with zero attached hydrogens (tertiary/aromatic N) is 5. The van der Waals surface area contributed by atoms with Crippen molar-refractivity contribution in [1.29, 1.82) is 0 Å². The summed E-state index contributed by atoms with van der Waals surface area (Å²) in [6, 6.07) is 6.58. The fraction of sp³-hybridized carbons (Fsp3) is 0.593. The quantitative estimate of drug-likeness (QED) is 0.389. The second-order valence-electron chi connectivity index (χ2n) is 10.4. The number of nitrogens with two attached hydrogens (primary N) is 1. The molecule has 0 aliphatic carbocycles. The second kappa shape index (κ2) is 11.0. The summed E-state index contributed by atoms with van der Waals surface area (Å²) in [7, 11) is 1.74. The van der Waals surface area contributed by atoms with E-state index in [9.17, 15) is 0 Å². The van der Waals surface area contributed by atoms with Crippen molar-refractivity contribution < 1.29 is 4.74 Å². The largest absolute Gasteiger partial charge is 0.496 e. The van der Waals surface area contributed by atoms with Gasteiger partial charge < -0.3 is 21.1 Å². The van der Waals surface area contributed by atoms with E-state index in [1.165, 1.54) is 57.4 Å². The van der Waals surface area contributed by atoms with E-state index >= 15 is 0 Å². The van der Waals surface area contributed by atoms with Crippen molar-refractivity contribution in [3.05, 3.63) is 35.5 Å². The van der Waals surface area contributed by atoms with Gasteiger partial charge in [0.05, 0.1) is 19.9 Å². The summed E-state index contributed by atoms with van der Waals surface area (Å²) in [5.74, 6) is 1.88. The lowest BCUT2D eigenvalue weighted by atomic mass is 9.71. The van der Waals surface area contributed by atoms with Gasteiger partial charge in [-0.05, 0) is 75.3 Å². The van der Waals surface area contributed by atoms with Crippen LogP contribution in [0, 0.1) is 5.41 Å². The Labute approximate surface area is 213 Å². The summed E-state index contributed by atoms with van der Waals surface area (Å²) in [4.78, 5) is 11.4. The number of anilines is 2. The molecular formula is C27H40N8O. The average Bonchev–Trinajstić information content (AvgIpc) is 3.29. The van der Waals surface area contributed by atoms with Crippen molar-refractivity contribution in [2.45, 2.75) is 58.5 Å². The highest BCUT2D eigenvalue weighted by atomic mass is 16.5. The predicted octanol–water partition coefficient (Wildman–Crippen LogP) is 3.64. The van der Waals surface area contributed by atoms with Crippen LogP contribution in [0.3, 0.4) is 0 Å². The molecule has 4 N–H and O–H groups in total. The van der Waals surface area contributed by atoms with Gasteiger partial charge in [-0.3, -0.25) is 9.58 Å². The smallest absolute Gasteiger partial charge is 0.222 e. The maximum atomic E-state index is 5.94. The molecule has 0 atom stereocenters. The first-order valence-electron chi connectivity index (χ1n) is 13.4. The molecule has 3 aromatic rings. The number of piperidine rings is 2. The van der Waals surface area contributed by atoms with Gasteiger partial charge in [-0.1, -0.05) is 25.5 Å². The summed E-state index contributed by atoms with van der Waals surface area (Å²) < 4.78 is 7.76. The molecule has 194 valence electrons. The molecule has 0 amide bonds. The number of hydrogen-bond donors (Lipinski definition) is 3. The topological polar surface area (TPSA) is 106 Å². The zero-order valence-corrected chi connectivity index (χ0v) is 21.7. The SMILES string of the molecule is CCCCNc1nc(N)nc2cnn(Cc3ccc(CN4CCC5(CCNCC5)CC4)cc3OC)c12. The minimum atomic E-state index is 0.256. The Morgan fingerprint density at radius 2 is 1.92 bits per heavy atom. The molecular weight excluding hydrogens is 452 g/mol. The Morgan fingerprint density at radius 1 is 1.11 bits per heavy atom. The van der Waals surface area contributed by atoms with E-state index in [-0.39, 0.29) is 5.95 Å². The first-order chi connectivity index (χ1) is 17.6. The van der Waals surface area contributed by atoms with Crippen LogP contribution in [0.25, 0.3) is 11.0 Å². The van der Waals surface area contributed by atoms with Gasteiger partial charge in [0.2, 0.25) is 5.95 Å². The molecule has 2 aliphatic heterocycles. The Morgan fingerprint density at radius 3 is 2.67 bits per heavy atom. The van der Waals surface area contributed by atoms with Gasteiger partial charge in [-0.2, -0.15) is 10.1 Å². The van der Waals surface area contributed by atoms with Crippen LogP contribution in [0.15, 0.2) is 24.4 Å². The lowest BCUT2D eigenvalue weighted by molar-refractivity contribution is 0.0701. The molecule has 0 bridgehead atoms. The minimum absolute atomic E-state index is 0.256. The first-order valence-corrected chi connectivity index (χ1v) is 13.4. The van der Waals surface area contributed by atoms with E-state index in [2.05, 4.69) is 55.7 Å². The molecule has 0 unspecified atom stereocenters. The fourth-order valence-electron chi connectivity index (χ4n) is 5.72. The van der Waals surface area contributed by atoms with Gasteiger partial charge in [-0.15, -0.1) is 0 Å². The van der Waals surface area contributed by atoms with Crippen LogP contribution in [0.2, 0.25) is 0 Å². The summed E-state index contributed by atoms with van der Waals surface area (Å²) in [5.41, 5.74) is 10.5. The van der Waals surface area contributed by atoms with Gasteiger partial charge >= 0.3 is 0 Å². The molecule has 2 fully saturated rings. The lowest BCUT2D eigenvalue weighted by Crippen LogP contribution is -2.45. The van der Waals surface area contributed by atoms with Gasteiger partial charge in [-0.25, -0.2) is 4.98 Å². The Balaban J connectivity index is 1.29. The maximum Gasteiger partial charge on any atom is 0.222 e. The van der Waals surface area contributed by atoms with E-state index in [0.29, 0.717) is 12.0 Å². The molecule has 4 heterocycles. The van der Waals surface area contributed by atoms with E-state index in [4.69, 9.17) is 10.5 Å². The molecule has 2 aromatic heterocycles. The third-order valence-electron chi connectivity index (χ3n) is 7.99. The Bertz CT molecular complexity index is 1160. The number of rotatable bonds is 9. The number of nitrogens with one attached hydrogen (secondary N) is 2. The molecule has 2 aliphatic rings. The standard InChI is InChI=1S/C27H40N8O/c1-3-4-11-30-25-24-22(32-26(28)33-25)17-31-35(24)19-21-6-5-20(16-23(21)36-2)18-34-14-9-27(10-15-34)7-12-29-13-8-27/h5-6,16-17,29H,3-4,7-15,18-19H2,1-2H3,(H3,28,30,32,33). The summed E-state index contributed by atoms with van der Waals surface area (Å²) >= 11 is 0. The summed E-state index contributed by atoms with van der Waals surface area (Å²) in [6.07, 6.45) is 9.22. The van der Waals surface area contributed by atoms with Crippen LogP contribution in [-0.2, 0) is 13.1 Å². The summed E-state index contributed by atoms with van der Waals surface area (Å²) in [6.45, 7) is 9.26. The Kier molecular flexibility index (Phi) is 7.57. The average molecular weight is 493 g/mol. The van der Waals surface area contributed by atoms with Crippen molar-refractivity contribution >= 4 is 22.8 Å². The van der Waals surface area contributed by atoms with Crippen LogP contribution < -0.4 is 21.1 Å². The number of likely N-dealkylation sites (tertiary alicyclic amines) is 1. The van der Waals surface area contributed by atoms with E-state index in [0.717, 1.165) is 54.1 Å². The summed E-state index contributed by atoms with van der Waals surface area (Å²) in [5, 5.41) is 11.5. The van der Waals surface area contributed by atoms with E-state index in [1.54, 1.807) is 13.3 Å². The van der Waals surface area contributed by atoms with E-state index < -0.39 is 0 Å². The highest BCUT2D eigenvalue weighted by Crippen LogP contribution is 2.39. The zero-order chi connectivity index (χ0) is 25.0. The number of benzene rings is 1. The van der Waals surface area contributed by atoms with Crippen LogP contribution >= 0.6 is 0 Å². The number of unbranched alkanes of at least 4 members (excludes halogenated alkanes) is 1. The normalized spacial score (nSPS) is 18.1. The highest BCUT2D eigenvalue weighted by molar-refractivity contribution is 5.86. The van der Waals surface area contributed by atoms with Crippen molar-refractivity contribution in [2.24, 2.45) is 5.41 Å². The van der Waals surface area contributed by atoms with Gasteiger partial charge in [0, 0.05) is 18.7 Å². The fourth-order valence-corrected chi connectivity index (χ4v) is 5.72.